The van der Waals surface area contributed by atoms with E-state index in [1.165, 1.54) is 6.07 Å². The van der Waals surface area contributed by atoms with Crippen molar-refractivity contribution in [1.82, 2.24) is 10.5 Å². The van der Waals surface area contributed by atoms with Gasteiger partial charge in [-0.05, 0) is 18.1 Å². The van der Waals surface area contributed by atoms with Crippen molar-refractivity contribution in [3.05, 3.63) is 53.2 Å². The summed E-state index contributed by atoms with van der Waals surface area (Å²) in [5, 5.41) is 14.5. The van der Waals surface area contributed by atoms with Crippen LogP contribution in [0.1, 0.15) is 26.6 Å². The first-order valence-corrected chi connectivity index (χ1v) is 5.79. The van der Waals surface area contributed by atoms with Crippen molar-refractivity contribution in [1.29, 1.82) is 0 Å². The van der Waals surface area contributed by atoms with Gasteiger partial charge in [-0.2, -0.15) is 0 Å². The average molecular weight is 278 g/mol. The average Bonchev–Trinajstić information content (AvgIpc) is 2.91. The van der Waals surface area contributed by atoms with E-state index in [0.29, 0.717) is 12.0 Å². The molecule has 20 heavy (non-hydrogen) atoms. The molecule has 6 nitrogen and oxygen atoms in total. The lowest BCUT2D eigenvalue weighted by atomic mass is 10.1. The van der Waals surface area contributed by atoms with Gasteiger partial charge in [0.05, 0.1) is 0 Å². The molecule has 0 aliphatic carbocycles. The number of halogens is 1. The van der Waals surface area contributed by atoms with Gasteiger partial charge < -0.3 is 14.9 Å². The maximum absolute atomic E-state index is 13.3. The Morgan fingerprint density at radius 1 is 1.35 bits per heavy atom. The van der Waals surface area contributed by atoms with Crippen LogP contribution >= 0.6 is 0 Å². The van der Waals surface area contributed by atoms with Crippen LogP contribution in [0.2, 0.25) is 0 Å². The summed E-state index contributed by atoms with van der Waals surface area (Å²) in [5.74, 6) is -2.62. The molecule has 2 aromatic rings. The van der Waals surface area contributed by atoms with Crippen LogP contribution < -0.4 is 5.32 Å². The number of carboxylic acid groups (broad SMARTS) is 1. The monoisotopic (exact) mass is 278 g/mol. The van der Waals surface area contributed by atoms with Gasteiger partial charge in [0.15, 0.2) is 5.69 Å². The van der Waals surface area contributed by atoms with Gasteiger partial charge in [0, 0.05) is 12.6 Å². The zero-order chi connectivity index (χ0) is 14.5. The first-order valence-electron chi connectivity index (χ1n) is 5.79. The highest BCUT2D eigenvalue weighted by Crippen LogP contribution is 2.07. The van der Waals surface area contributed by atoms with Crippen molar-refractivity contribution in [2.24, 2.45) is 0 Å². The van der Waals surface area contributed by atoms with Gasteiger partial charge in [0.1, 0.15) is 5.82 Å². The molecule has 0 saturated carbocycles. The Labute approximate surface area is 113 Å². The highest BCUT2D eigenvalue weighted by Gasteiger charge is 2.16. The number of carboxylic acids is 1. The zero-order valence-electron chi connectivity index (χ0n) is 10.3. The van der Waals surface area contributed by atoms with Gasteiger partial charge in [-0.25, -0.2) is 9.18 Å². The van der Waals surface area contributed by atoms with Gasteiger partial charge in [-0.15, -0.1) is 0 Å². The van der Waals surface area contributed by atoms with Crippen LogP contribution in [0.15, 0.2) is 34.9 Å². The summed E-state index contributed by atoms with van der Waals surface area (Å²) in [6, 6.07) is 7.28. The molecule has 0 radical (unpaired) electrons. The van der Waals surface area contributed by atoms with E-state index >= 15 is 0 Å². The third-order valence-electron chi connectivity index (χ3n) is 2.59. The largest absolute Gasteiger partial charge is 0.475 e. The van der Waals surface area contributed by atoms with Gasteiger partial charge in [0.25, 0.3) is 5.91 Å². The van der Waals surface area contributed by atoms with Gasteiger partial charge in [0.2, 0.25) is 5.76 Å². The van der Waals surface area contributed by atoms with Crippen LogP contribution in [-0.4, -0.2) is 28.7 Å². The molecule has 0 bridgehead atoms. The summed E-state index contributed by atoms with van der Waals surface area (Å²) in [6.45, 7) is 0.203. The van der Waals surface area contributed by atoms with Gasteiger partial charge in [-0.3, -0.25) is 4.79 Å². The molecule has 7 heteroatoms. The Bertz CT molecular complexity index is 639. The minimum absolute atomic E-state index is 0.129. The fourth-order valence-corrected chi connectivity index (χ4v) is 1.59. The number of rotatable bonds is 5. The number of hydrogen-bond acceptors (Lipinski definition) is 4. The number of carbonyl (C=O) groups excluding carboxylic acids is 1. The molecule has 2 N–H and O–H groups in total. The zero-order valence-corrected chi connectivity index (χ0v) is 10.3. The molecule has 1 aromatic carbocycles. The lowest BCUT2D eigenvalue weighted by Crippen LogP contribution is -2.26. The van der Waals surface area contributed by atoms with Crippen molar-refractivity contribution < 1.29 is 23.6 Å². The van der Waals surface area contributed by atoms with Crippen molar-refractivity contribution in [3.63, 3.8) is 0 Å². The highest BCUT2D eigenvalue weighted by molar-refractivity contribution is 5.94. The molecular formula is C13H11FN2O4. The summed E-state index contributed by atoms with van der Waals surface area (Å²) < 4.78 is 17.8. The van der Waals surface area contributed by atoms with E-state index in [-0.39, 0.29) is 18.1 Å². The van der Waals surface area contributed by atoms with Crippen LogP contribution in [-0.2, 0) is 6.42 Å². The lowest BCUT2D eigenvalue weighted by molar-refractivity contribution is 0.0651. The number of hydrogen-bond donors (Lipinski definition) is 2. The predicted molar refractivity (Wildman–Crippen MR) is 65.9 cm³/mol. The van der Waals surface area contributed by atoms with E-state index in [4.69, 9.17) is 5.11 Å². The molecular weight excluding hydrogens is 267 g/mol. The fraction of sp³-hybridized carbons (Fsp3) is 0.154. The summed E-state index contributed by atoms with van der Waals surface area (Å²) in [4.78, 5) is 22.2. The number of nitrogens with one attached hydrogen (secondary N) is 1. The number of benzene rings is 1. The summed E-state index contributed by atoms with van der Waals surface area (Å²) in [6.07, 6.45) is 0.321. The van der Waals surface area contributed by atoms with Crippen LogP contribution in [0.25, 0.3) is 0 Å². The van der Waals surface area contributed by atoms with E-state index in [0.717, 1.165) is 6.07 Å². The molecule has 0 atom stereocenters. The standard InChI is InChI=1S/C13H11FN2O4/c14-9-4-2-1-3-8(9)5-6-15-12(17)10-7-11(13(18)19)20-16-10/h1-4,7H,5-6H2,(H,15,17)(H,18,19). The maximum atomic E-state index is 13.3. The molecule has 1 heterocycles. The third-order valence-corrected chi connectivity index (χ3v) is 2.59. The number of aromatic nitrogens is 1. The van der Waals surface area contributed by atoms with Crippen molar-refractivity contribution >= 4 is 11.9 Å². The Hall–Kier alpha value is -2.70. The first-order chi connectivity index (χ1) is 9.58. The fourth-order valence-electron chi connectivity index (χ4n) is 1.59. The van der Waals surface area contributed by atoms with E-state index in [9.17, 15) is 14.0 Å². The Balaban J connectivity index is 1.89. The van der Waals surface area contributed by atoms with Crippen LogP contribution in [0.4, 0.5) is 4.39 Å². The summed E-state index contributed by atoms with van der Waals surface area (Å²) in [7, 11) is 0. The molecule has 104 valence electrons. The molecule has 0 aliphatic rings. The van der Waals surface area contributed by atoms with Crippen molar-refractivity contribution in [3.8, 4) is 0 Å². The predicted octanol–water partition coefficient (Wildman–Crippen LogP) is 1.48. The molecule has 0 fully saturated rings. The van der Waals surface area contributed by atoms with Crippen molar-refractivity contribution in [2.45, 2.75) is 6.42 Å². The SMILES string of the molecule is O=C(NCCc1ccccc1F)c1cc(C(=O)O)on1. The maximum Gasteiger partial charge on any atom is 0.374 e. The number of nitrogens with zero attached hydrogens (tertiary/aromatic N) is 1. The second-order valence-electron chi connectivity index (χ2n) is 3.98. The third kappa shape index (κ3) is 3.19. The normalized spacial score (nSPS) is 10.2. The minimum Gasteiger partial charge on any atom is -0.475 e. The molecule has 1 amide bonds. The first kappa shape index (κ1) is 13.7. The smallest absolute Gasteiger partial charge is 0.374 e. The summed E-state index contributed by atoms with van der Waals surface area (Å²) in [5.41, 5.74) is 0.357. The highest BCUT2D eigenvalue weighted by atomic mass is 19.1. The topological polar surface area (TPSA) is 92.4 Å². The number of aromatic carboxylic acids is 1. The molecule has 0 spiro atoms. The van der Waals surface area contributed by atoms with E-state index in [1.54, 1.807) is 18.2 Å². The molecule has 2 rings (SSSR count). The Morgan fingerprint density at radius 2 is 2.10 bits per heavy atom. The molecule has 0 saturated heterocycles. The quantitative estimate of drug-likeness (QED) is 0.864. The molecule has 0 unspecified atom stereocenters. The number of amides is 1. The minimum atomic E-state index is -1.30. The van der Waals surface area contributed by atoms with Gasteiger partial charge in [-0.1, -0.05) is 23.4 Å². The van der Waals surface area contributed by atoms with Crippen LogP contribution in [0, 0.1) is 5.82 Å². The summed E-state index contributed by atoms with van der Waals surface area (Å²) >= 11 is 0. The molecule has 1 aromatic heterocycles. The van der Waals surface area contributed by atoms with Crippen LogP contribution in [0.3, 0.4) is 0 Å². The van der Waals surface area contributed by atoms with Crippen LogP contribution in [0.5, 0.6) is 0 Å². The Morgan fingerprint density at radius 3 is 2.75 bits per heavy atom. The van der Waals surface area contributed by atoms with E-state index < -0.39 is 17.6 Å². The molecule has 0 aliphatic heterocycles. The van der Waals surface area contributed by atoms with Gasteiger partial charge >= 0.3 is 5.97 Å². The second-order valence-corrected chi connectivity index (χ2v) is 3.98. The Kier molecular flexibility index (Phi) is 4.09. The number of carbonyl (C=O) groups is 2. The van der Waals surface area contributed by atoms with E-state index in [1.807, 2.05) is 0 Å². The lowest BCUT2D eigenvalue weighted by Gasteiger charge is -2.04. The van der Waals surface area contributed by atoms with E-state index in [2.05, 4.69) is 15.0 Å². The second kappa shape index (κ2) is 5.96. The van der Waals surface area contributed by atoms with Crippen molar-refractivity contribution in [2.75, 3.05) is 6.54 Å².